The van der Waals surface area contributed by atoms with Crippen LogP contribution in [-0.2, 0) is 26.1 Å². The van der Waals surface area contributed by atoms with Crippen molar-refractivity contribution in [3.63, 3.8) is 0 Å². The van der Waals surface area contributed by atoms with Gasteiger partial charge >= 0.3 is 5.97 Å². The predicted molar refractivity (Wildman–Crippen MR) is 172 cm³/mol. The van der Waals surface area contributed by atoms with Crippen LogP contribution in [0, 0.1) is 5.82 Å². The molecule has 0 spiro atoms. The molecular weight excluding hydrogens is 623 g/mol. The van der Waals surface area contributed by atoms with Crippen LogP contribution in [0.2, 0.25) is 0 Å². The molecule has 0 N–H and O–H groups in total. The van der Waals surface area contributed by atoms with Crippen LogP contribution in [0.3, 0.4) is 0 Å². The van der Waals surface area contributed by atoms with E-state index in [0.29, 0.717) is 47.0 Å². The van der Waals surface area contributed by atoms with E-state index in [-0.39, 0.29) is 23.8 Å². The van der Waals surface area contributed by atoms with Crippen molar-refractivity contribution in [2.45, 2.75) is 62.4 Å². The van der Waals surface area contributed by atoms with Crippen LogP contribution >= 0.6 is 11.8 Å². The van der Waals surface area contributed by atoms with Crippen LogP contribution in [0.5, 0.6) is 11.5 Å². The third-order valence-corrected chi connectivity index (χ3v) is 10.1. The summed E-state index contributed by atoms with van der Waals surface area (Å²) < 4.78 is 75.0. The summed E-state index contributed by atoms with van der Waals surface area (Å²) in [5.41, 5.74) is 1.78. The third-order valence-electron chi connectivity index (χ3n) is 7.29. The number of methoxy groups -OCH3 is 1. The quantitative estimate of drug-likeness (QED) is 0.0802. The van der Waals surface area contributed by atoms with Gasteiger partial charge in [-0.1, -0.05) is 38.8 Å². The molecule has 0 bridgehead atoms. The minimum Gasteiger partial charge on any atom is -0.497 e. The molecule has 12 heteroatoms. The Morgan fingerprint density at radius 2 is 1.78 bits per heavy atom. The van der Waals surface area contributed by atoms with Crippen molar-refractivity contribution >= 4 is 39.1 Å². The van der Waals surface area contributed by atoms with Crippen LogP contribution in [-0.4, -0.2) is 50.7 Å². The molecule has 4 rings (SSSR count). The van der Waals surface area contributed by atoms with Gasteiger partial charge in [-0.3, -0.25) is 0 Å². The Balaban J connectivity index is 1.92. The predicted octanol–water partition coefficient (Wildman–Crippen LogP) is 7.60. The minimum atomic E-state index is -4.19. The van der Waals surface area contributed by atoms with Crippen LogP contribution in [0.15, 0.2) is 82.5 Å². The number of hydrogen-bond acceptors (Lipinski definition) is 8. The molecule has 1 aliphatic rings. The number of rotatable bonds is 13. The monoisotopic (exact) mass is 660 g/mol. The van der Waals surface area contributed by atoms with Gasteiger partial charge in [0, 0.05) is 30.9 Å². The first kappa shape index (κ1) is 34.3. The number of carbonyl (C=O) groups excluding carboxylic acids is 1. The van der Waals surface area contributed by atoms with Crippen molar-refractivity contribution in [1.29, 1.82) is 0 Å². The zero-order valence-corrected chi connectivity index (χ0v) is 27.4. The molecular formula is C33H38F2N2O6S2. The molecule has 0 aromatic heterocycles. The molecule has 0 aliphatic carbocycles. The second kappa shape index (κ2) is 15.6. The average Bonchev–Trinajstić information content (AvgIpc) is 3.11. The highest BCUT2D eigenvalue weighted by molar-refractivity contribution is 7.99. The number of anilines is 2. The standard InChI is InChI=1S/C33H38F2N2O6S2/c1-5-8-9-26-21-36(25-14-12-24(34)13-15-25)29-18-31(44-7-3)30(43-22-28(35)33(38)42-6-2)19-32(29)45(39,40)37(26)20-23-10-16-27(41-4)17-11-23/h10-19,22,26H,5-9,20-21H2,1-4H3/b28-22-. The van der Waals surface area contributed by atoms with E-state index in [0.717, 1.165) is 18.4 Å². The molecule has 242 valence electrons. The summed E-state index contributed by atoms with van der Waals surface area (Å²) in [6, 6.07) is 15.8. The largest absolute Gasteiger partial charge is 0.497 e. The number of unbranched alkanes of at least 4 members (excludes halogenated alkanes) is 1. The lowest BCUT2D eigenvalue weighted by molar-refractivity contribution is -0.140. The minimum absolute atomic E-state index is 0.0173. The number of benzene rings is 3. The molecule has 3 aromatic rings. The number of nitrogens with zero attached hydrogens (tertiary/aromatic N) is 2. The Morgan fingerprint density at radius 1 is 1.07 bits per heavy atom. The Bertz CT molecular complexity index is 1600. The van der Waals surface area contributed by atoms with E-state index in [1.165, 1.54) is 34.3 Å². The van der Waals surface area contributed by atoms with E-state index in [9.17, 15) is 22.0 Å². The zero-order valence-electron chi connectivity index (χ0n) is 25.8. The maximum Gasteiger partial charge on any atom is 0.370 e. The lowest BCUT2D eigenvalue weighted by Crippen LogP contribution is -2.43. The number of sulfonamides is 1. The number of carbonyl (C=O) groups is 1. The SMILES string of the molecule is CCCCC1CN(c2ccc(F)cc2)c2cc(SCC)c(O/C=C(\F)C(=O)OCC)cc2S(=O)(=O)N1Cc1ccc(OC)cc1. The first-order valence-corrected chi connectivity index (χ1v) is 17.2. The van der Waals surface area contributed by atoms with Crippen molar-refractivity contribution in [3.8, 4) is 11.5 Å². The van der Waals surface area contributed by atoms with Gasteiger partial charge in [0.2, 0.25) is 15.9 Å². The van der Waals surface area contributed by atoms with E-state index in [2.05, 4.69) is 0 Å². The van der Waals surface area contributed by atoms with E-state index >= 15 is 0 Å². The average molecular weight is 661 g/mol. The van der Waals surface area contributed by atoms with Gasteiger partial charge in [0.05, 0.1) is 24.3 Å². The highest BCUT2D eigenvalue weighted by Crippen LogP contribution is 2.45. The van der Waals surface area contributed by atoms with Crippen molar-refractivity contribution < 1.29 is 36.2 Å². The summed E-state index contributed by atoms with van der Waals surface area (Å²) in [5.74, 6) is -1.53. The fourth-order valence-electron chi connectivity index (χ4n) is 5.06. The number of fused-ring (bicyclic) bond motifs is 1. The Morgan fingerprint density at radius 3 is 2.40 bits per heavy atom. The highest BCUT2D eigenvalue weighted by atomic mass is 32.2. The Hall–Kier alpha value is -3.61. The van der Waals surface area contributed by atoms with Crippen LogP contribution in [0.1, 0.15) is 45.6 Å². The highest BCUT2D eigenvalue weighted by Gasteiger charge is 2.40. The normalized spacial score (nSPS) is 16.5. The van der Waals surface area contributed by atoms with E-state index < -0.39 is 33.7 Å². The second-order valence-corrected chi connectivity index (χ2v) is 13.5. The van der Waals surface area contributed by atoms with E-state index in [1.807, 2.05) is 30.9 Å². The van der Waals surface area contributed by atoms with E-state index in [1.54, 1.807) is 44.4 Å². The molecule has 0 saturated carbocycles. The van der Waals surface area contributed by atoms with Crippen LogP contribution in [0.4, 0.5) is 20.2 Å². The lowest BCUT2D eigenvalue weighted by atomic mass is 10.1. The summed E-state index contributed by atoms with van der Waals surface area (Å²) in [4.78, 5) is 14.2. The van der Waals surface area contributed by atoms with Gasteiger partial charge in [-0.25, -0.2) is 17.6 Å². The third kappa shape index (κ3) is 8.16. The fraction of sp³-hybridized carbons (Fsp3) is 0.364. The Kier molecular flexibility index (Phi) is 11.9. The molecule has 45 heavy (non-hydrogen) atoms. The smallest absolute Gasteiger partial charge is 0.370 e. The lowest BCUT2D eigenvalue weighted by Gasteiger charge is -2.31. The molecule has 0 radical (unpaired) electrons. The molecule has 1 atom stereocenters. The Labute approximate surface area is 268 Å². The van der Waals surface area contributed by atoms with Crippen LogP contribution < -0.4 is 14.4 Å². The summed E-state index contributed by atoms with van der Waals surface area (Å²) in [5, 5.41) is 0. The van der Waals surface area contributed by atoms with Gasteiger partial charge in [0.1, 0.15) is 28.5 Å². The number of thioether (sulfide) groups is 1. The van der Waals surface area contributed by atoms with Crippen molar-refractivity contribution in [1.82, 2.24) is 4.31 Å². The van der Waals surface area contributed by atoms with Gasteiger partial charge in [-0.2, -0.15) is 8.70 Å². The van der Waals surface area contributed by atoms with Gasteiger partial charge in [-0.05, 0) is 67.1 Å². The van der Waals surface area contributed by atoms with Crippen molar-refractivity contribution in [2.75, 3.05) is 30.9 Å². The molecule has 1 aliphatic heterocycles. The number of ether oxygens (including phenoxy) is 3. The number of esters is 1. The first-order chi connectivity index (χ1) is 21.6. The maximum atomic E-state index is 14.7. The molecule has 8 nitrogen and oxygen atoms in total. The number of hydrogen-bond donors (Lipinski definition) is 0. The van der Waals surface area contributed by atoms with Crippen molar-refractivity contribution in [2.24, 2.45) is 0 Å². The number of halogens is 2. The second-order valence-electron chi connectivity index (χ2n) is 10.3. The molecule has 0 fully saturated rings. The molecule has 0 saturated heterocycles. The van der Waals surface area contributed by atoms with Gasteiger partial charge in [-0.15, -0.1) is 11.8 Å². The molecule has 3 aromatic carbocycles. The van der Waals surface area contributed by atoms with E-state index in [4.69, 9.17) is 14.2 Å². The molecule has 0 amide bonds. The van der Waals surface area contributed by atoms with Gasteiger partial charge < -0.3 is 19.1 Å². The van der Waals surface area contributed by atoms with Crippen LogP contribution in [0.25, 0.3) is 0 Å². The first-order valence-electron chi connectivity index (χ1n) is 14.8. The summed E-state index contributed by atoms with van der Waals surface area (Å²) in [7, 11) is -2.62. The fourth-order valence-corrected chi connectivity index (χ4v) is 7.64. The summed E-state index contributed by atoms with van der Waals surface area (Å²) in [6.45, 7) is 5.90. The van der Waals surface area contributed by atoms with Crippen molar-refractivity contribution in [3.05, 3.63) is 84.1 Å². The topological polar surface area (TPSA) is 85.4 Å². The molecule has 1 unspecified atom stereocenters. The zero-order chi connectivity index (χ0) is 32.6. The molecule has 1 heterocycles. The summed E-state index contributed by atoms with van der Waals surface area (Å²) in [6.07, 6.45) is 2.87. The van der Waals surface area contributed by atoms with Gasteiger partial charge in [0.15, 0.2) is 0 Å². The maximum absolute atomic E-state index is 14.7. The van der Waals surface area contributed by atoms with Gasteiger partial charge in [0.25, 0.3) is 0 Å². The summed E-state index contributed by atoms with van der Waals surface area (Å²) >= 11 is 1.37.